The molecular weight excluding hydrogens is 474 g/mol. The van der Waals surface area contributed by atoms with E-state index in [9.17, 15) is 19.2 Å². The summed E-state index contributed by atoms with van der Waals surface area (Å²) in [6.07, 6.45) is 0. The highest BCUT2D eigenvalue weighted by Crippen LogP contribution is 2.19. The number of nitrogens with one attached hydrogen (secondary N) is 2. The third-order valence-corrected chi connectivity index (χ3v) is 5.56. The Morgan fingerprint density at radius 1 is 0.919 bits per heavy atom. The summed E-state index contributed by atoms with van der Waals surface area (Å²) in [5.74, 6) is -1.50. The van der Waals surface area contributed by atoms with E-state index in [0.717, 1.165) is 0 Å². The fraction of sp³-hybridized carbons (Fsp3) is 0.148. The number of benzene rings is 3. The zero-order valence-electron chi connectivity index (χ0n) is 20.2. The van der Waals surface area contributed by atoms with Crippen molar-refractivity contribution in [1.82, 2.24) is 20.6 Å². The molecule has 3 aromatic carbocycles. The first kappa shape index (κ1) is 25.1. The van der Waals surface area contributed by atoms with Gasteiger partial charge in [-0.2, -0.15) is 5.10 Å². The van der Waals surface area contributed by atoms with Gasteiger partial charge in [0.25, 0.3) is 23.3 Å². The Bertz CT molecular complexity index is 1560. The molecule has 0 aliphatic rings. The molecule has 0 saturated carbocycles. The van der Waals surface area contributed by atoms with Gasteiger partial charge >= 0.3 is 0 Å². The van der Waals surface area contributed by atoms with Crippen molar-refractivity contribution in [3.63, 3.8) is 0 Å². The lowest BCUT2D eigenvalue weighted by molar-refractivity contribution is 0.0843. The van der Waals surface area contributed by atoms with Gasteiger partial charge in [-0.3, -0.25) is 30.0 Å². The molecule has 3 amide bonds. The van der Waals surface area contributed by atoms with E-state index < -0.39 is 17.7 Å². The van der Waals surface area contributed by atoms with Crippen molar-refractivity contribution < 1.29 is 19.1 Å². The number of amides is 3. The van der Waals surface area contributed by atoms with E-state index in [0.29, 0.717) is 22.1 Å². The number of nitrogens with zero attached hydrogens (tertiary/aromatic N) is 2. The molecule has 0 aliphatic carbocycles. The maximum Gasteiger partial charge on any atom is 0.290 e. The number of fused-ring (bicyclic) bond motifs is 1. The van der Waals surface area contributed by atoms with Crippen LogP contribution in [0.4, 0.5) is 0 Å². The van der Waals surface area contributed by atoms with Crippen LogP contribution in [0.1, 0.15) is 56.7 Å². The molecule has 4 aromatic rings. The van der Waals surface area contributed by atoms with Gasteiger partial charge in [-0.15, -0.1) is 0 Å². The summed E-state index contributed by atoms with van der Waals surface area (Å²) >= 11 is 0. The Hall–Kier alpha value is -4.99. The fourth-order valence-corrected chi connectivity index (χ4v) is 3.73. The molecule has 0 bridgehead atoms. The average Bonchev–Trinajstić information content (AvgIpc) is 2.90. The van der Waals surface area contributed by atoms with Crippen LogP contribution in [0.3, 0.4) is 0 Å². The average molecular weight is 500 g/mol. The number of ether oxygens (including phenoxy) is 1. The maximum absolute atomic E-state index is 12.9. The molecule has 10 heteroatoms. The Labute approximate surface area is 212 Å². The van der Waals surface area contributed by atoms with E-state index in [-0.39, 0.29) is 35.0 Å². The molecule has 188 valence electrons. The van der Waals surface area contributed by atoms with Crippen LogP contribution in [0.5, 0.6) is 5.75 Å². The highest BCUT2D eigenvalue weighted by Gasteiger charge is 2.19. The second-order valence-electron chi connectivity index (χ2n) is 8.50. The van der Waals surface area contributed by atoms with Gasteiger partial charge in [-0.25, -0.2) is 4.68 Å². The largest absolute Gasteiger partial charge is 0.488 e. The van der Waals surface area contributed by atoms with E-state index in [1.54, 1.807) is 86.6 Å². The maximum atomic E-state index is 12.9. The number of primary amides is 1. The fourth-order valence-electron chi connectivity index (χ4n) is 3.73. The lowest BCUT2D eigenvalue weighted by Gasteiger charge is -2.14. The molecule has 0 atom stereocenters. The topological polar surface area (TPSA) is 145 Å². The summed E-state index contributed by atoms with van der Waals surface area (Å²) in [6, 6.07) is 19.6. The SMILES string of the molecule is CC(C)n1nc(C(=O)NNC(=O)c2cccc(COc3ccccc3C(N)=O)c2)c2ccccc2c1=O. The van der Waals surface area contributed by atoms with E-state index in [1.165, 1.54) is 4.68 Å². The Morgan fingerprint density at radius 3 is 2.32 bits per heavy atom. The predicted octanol–water partition coefficient (Wildman–Crippen LogP) is 2.73. The summed E-state index contributed by atoms with van der Waals surface area (Å²) in [7, 11) is 0. The zero-order chi connectivity index (χ0) is 26.5. The highest BCUT2D eigenvalue weighted by molar-refractivity contribution is 6.06. The normalized spacial score (nSPS) is 10.8. The number of hydrazine groups is 1. The number of hydrogen-bond acceptors (Lipinski definition) is 6. The van der Waals surface area contributed by atoms with Crippen LogP contribution >= 0.6 is 0 Å². The van der Waals surface area contributed by atoms with Crippen molar-refractivity contribution in [2.24, 2.45) is 5.73 Å². The number of carbonyl (C=O) groups is 3. The lowest BCUT2D eigenvalue weighted by Crippen LogP contribution is -2.43. The standard InChI is InChI=1S/C27H25N5O5/c1-16(2)32-27(36)20-11-4-3-10-19(20)23(31-32)26(35)30-29-25(34)18-9-7-8-17(14-18)15-37-22-13-6-5-12-21(22)24(28)33/h3-14,16H,15H2,1-2H3,(H2,28,33)(H,29,34)(H,30,35). The first-order valence-corrected chi connectivity index (χ1v) is 11.5. The van der Waals surface area contributed by atoms with Crippen LogP contribution in [0, 0.1) is 0 Å². The minimum Gasteiger partial charge on any atom is -0.488 e. The molecule has 0 unspecified atom stereocenters. The number of nitrogens with two attached hydrogens (primary N) is 1. The summed E-state index contributed by atoms with van der Waals surface area (Å²) in [6.45, 7) is 3.66. The molecule has 0 saturated heterocycles. The molecule has 0 aliphatic heterocycles. The lowest BCUT2D eigenvalue weighted by atomic mass is 10.1. The van der Waals surface area contributed by atoms with Crippen molar-refractivity contribution in [3.05, 3.63) is 106 Å². The van der Waals surface area contributed by atoms with Crippen molar-refractivity contribution in [2.75, 3.05) is 0 Å². The third kappa shape index (κ3) is 5.48. The van der Waals surface area contributed by atoms with Crippen LogP contribution in [0.25, 0.3) is 10.8 Å². The van der Waals surface area contributed by atoms with Crippen LogP contribution < -0.4 is 26.9 Å². The molecule has 4 rings (SSSR count). The molecular formula is C27H25N5O5. The van der Waals surface area contributed by atoms with Crippen LogP contribution in [-0.4, -0.2) is 27.5 Å². The second-order valence-corrected chi connectivity index (χ2v) is 8.50. The van der Waals surface area contributed by atoms with E-state index in [1.807, 2.05) is 0 Å². The summed E-state index contributed by atoms with van der Waals surface area (Å²) < 4.78 is 6.95. The Kier molecular flexibility index (Phi) is 7.28. The number of para-hydroxylation sites is 1. The van der Waals surface area contributed by atoms with Crippen LogP contribution in [-0.2, 0) is 6.61 Å². The first-order chi connectivity index (χ1) is 17.8. The Morgan fingerprint density at radius 2 is 1.59 bits per heavy atom. The van der Waals surface area contributed by atoms with Gasteiger partial charge in [0.05, 0.1) is 17.0 Å². The predicted molar refractivity (Wildman–Crippen MR) is 137 cm³/mol. The number of rotatable bonds is 7. The third-order valence-electron chi connectivity index (χ3n) is 5.56. The Balaban J connectivity index is 1.47. The van der Waals surface area contributed by atoms with Gasteiger partial charge in [0.2, 0.25) is 0 Å². The van der Waals surface area contributed by atoms with Gasteiger partial charge in [0, 0.05) is 10.9 Å². The molecule has 37 heavy (non-hydrogen) atoms. The summed E-state index contributed by atoms with van der Waals surface area (Å²) in [5, 5.41) is 4.96. The summed E-state index contributed by atoms with van der Waals surface area (Å²) in [5.41, 5.74) is 11.0. The molecule has 0 fully saturated rings. The highest BCUT2D eigenvalue weighted by atomic mass is 16.5. The van der Waals surface area contributed by atoms with Gasteiger partial charge in [-0.05, 0) is 49.7 Å². The van der Waals surface area contributed by atoms with Gasteiger partial charge in [0.15, 0.2) is 5.69 Å². The number of carbonyl (C=O) groups excluding carboxylic acids is 3. The molecule has 1 aromatic heterocycles. The van der Waals surface area contributed by atoms with Crippen LogP contribution in [0.2, 0.25) is 0 Å². The van der Waals surface area contributed by atoms with Crippen molar-refractivity contribution in [1.29, 1.82) is 0 Å². The smallest absolute Gasteiger partial charge is 0.290 e. The van der Waals surface area contributed by atoms with E-state index >= 15 is 0 Å². The van der Waals surface area contributed by atoms with Crippen molar-refractivity contribution in [3.8, 4) is 5.75 Å². The van der Waals surface area contributed by atoms with Crippen molar-refractivity contribution >= 4 is 28.5 Å². The minimum atomic E-state index is -0.665. The van der Waals surface area contributed by atoms with Gasteiger partial charge < -0.3 is 10.5 Å². The minimum absolute atomic E-state index is 0.0134. The van der Waals surface area contributed by atoms with Gasteiger partial charge in [-0.1, -0.05) is 42.5 Å². The second kappa shape index (κ2) is 10.7. The molecule has 1 heterocycles. The van der Waals surface area contributed by atoms with E-state index in [2.05, 4.69) is 16.0 Å². The zero-order valence-corrected chi connectivity index (χ0v) is 20.2. The molecule has 4 N–H and O–H groups in total. The number of aromatic nitrogens is 2. The van der Waals surface area contributed by atoms with E-state index in [4.69, 9.17) is 10.5 Å². The quantitative estimate of drug-likeness (QED) is 0.333. The molecule has 10 nitrogen and oxygen atoms in total. The van der Waals surface area contributed by atoms with Crippen molar-refractivity contribution in [2.45, 2.75) is 26.5 Å². The monoisotopic (exact) mass is 499 g/mol. The first-order valence-electron chi connectivity index (χ1n) is 11.5. The molecule has 0 radical (unpaired) electrons. The van der Waals surface area contributed by atoms with Gasteiger partial charge in [0.1, 0.15) is 12.4 Å². The van der Waals surface area contributed by atoms with Crippen LogP contribution in [0.15, 0.2) is 77.6 Å². The molecule has 0 spiro atoms. The number of hydrogen-bond donors (Lipinski definition) is 3. The summed E-state index contributed by atoms with van der Waals surface area (Å²) in [4.78, 5) is 49.9.